The van der Waals surface area contributed by atoms with Gasteiger partial charge in [0, 0.05) is 13.0 Å². The van der Waals surface area contributed by atoms with Gasteiger partial charge in [-0.15, -0.1) is 0 Å². The van der Waals surface area contributed by atoms with Crippen LogP contribution in [0.1, 0.15) is 6.42 Å². The highest BCUT2D eigenvalue weighted by molar-refractivity contribution is 5.81. The lowest BCUT2D eigenvalue weighted by atomic mass is 10.1. The molecule has 0 spiro atoms. The fourth-order valence-electron chi connectivity index (χ4n) is 0.784. The van der Waals surface area contributed by atoms with Gasteiger partial charge in [0.25, 0.3) is 0 Å². The van der Waals surface area contributed by atoms with Gasteiger partial charge in [-0.05, 0) is 0 Å². The first kappa shape index (κ1) is 6.51. The lowest BCUT2D eigenvalue weighted by Gasteiger charge is -2.21. The van der Waals surface area contributed by atoms with E-state index in [-0.39, 0.29) is 18.9 Å². The lowest BCUT2D eigenvalue weighted by Crippen LogP contribution is -2.47. The number of rotatable bonds is 0. The van der Waals surface area contributed by atoms with E-state index in [1.54, 1.807) is 0 Å². The van der Waals surface area contributed by atoms with Gasteiger partial charge in [0.1, 0.15) is 6.10 Å². The minimum absolute atomic E-state index is 0.159. The van der Waals surface area contributed by atoms with E-state index in [0.29, 0.717) is 0 Å². The third-order valence-electron chi connectivity index (χ3n) is 1.31. The minimum atomic E-state index is -1.02. The Morgan fingerprint density at radius 3 is 2.67 bits per heavy atom. The zero-order chi connectivity index (χ0) is 6.85. The van der Waals surface area contributed by atoms with Crippen LogP contribution in [-0.2, 0) is 4.79 Å². The van der Waals surface area contributed by atoms with Gasteiger partial charge in [0.2, 0.25) is 5.91 Å². The number of β-amino-alcohol motifs (C(OH)–C–C–N with tert-alkyl or cyclic N) is 1. The molecule has 1 aliphatic rings. The van der Waals surface area contributed by atoms with E-state index in [0.717, 1.165) is 0 Å². The zero-order valence-corrected chi connectivity index (χ0v) is 4.87. The van der Waals surface area contributed by atoms with Crippen LogP contribution in [0.15, 0.2) is 0 Å². The molecule has 0 bridgehead atoms. The molecule has 4 nitrogen and oxygen atoms in total. The van der Waals surface area contributed by atoms with Crippen LogP contribution in [-0.4, -0.2) is 34.9 Å². The summed E-state index contributed by atoms with van der Waals surface area (Å²) in [6.45, 7) is 0.260. The molecule has 0 aromatic heterocycles. The number of hydrogen-bond donors (Lipinski definition) is 3. The Balaban J connectivity index is 2.44. The largest absolute Gasteiger partial charge is 0.391 e. The second kappa shape index (κ2) is 2.33. The summed E-state index contributed by atoms with van der Waals surface area (Å²) in [5.74, 6) is -0.389. The van der Waals surface area contributed by atoms with Crippen molar-refractivity contribution in [1.29, 1.82) is 0 Å². The molecule has 1 fully saturated rings. The molecule has 1 aliphatic heterocycles. The summed E-state index contributed by atoms with van der Waals surface area (Å²) in [4.78, 5) is 10.5. The van der Waals surface area contributed by atoms with Gasteiger partial charge in [-0.3, -0.25) is 4.79 Å². The van der Waals surface area contributed by atoms with E-state index in [1.807, 2.05) is 0 Å². The Kier molecular flexibility index (Phi) is 1.68. The van der Waals surface area contributed by atoms with Crippen molar-refractivity contribution in [2.75, 3.05) is 6.54 Å². The van der Waals surface area contributed by atoms with Gasteiger partial charge in [-0.25, -0.2) is 0 Å². The summed E-state index contributed by atoms with van der Waals surface area (Å²) >= 11 is 0. The van der Waals surface area contributed by atoms with Crippen LogP contribution in [0.2, 0.25) is 0 Å². The molecule has 3 N–H and O–H groups in total. The monoisotopic (exact) mass is 131 g/mol. The second-order valence-corrected chi connectivity index (χ2v) is 2.15. The molecule has 52 valence electrons. The molecule has 0 aromatic carbocycles. The van der Waals surface area contributed by atoms with Crippen molar-refractivity contribution >= 4 is 5.91 Å². The predicted molar refractivity (Wildman–Crippen MR) is 29.6 cm³/mol. The number of aliphatic hydroxyl groups is 2. The fraction of sp³-hybridized carbons (Fsp3) is 0.800. The summed E-state index contributed by atoms with van der Waals surface area (Å²) in [5.41, 5.74) is 0. The number of aliphatic hydroxyl groups excluding tert-OH is 2. The van der Waals surface area contributed by atoms with Crippen LogP contribution in [0.4, 0.5) is 0 Å². The van der Waals surface area contributed by atoms with E-state index < -0.39 is 12.2 Å². The molecule has 1 heterocycles. The van der Waals surface area contributed by atoms with E-state index in [2.05, 4.69) is 5.32 Å². The predicted octanol–water partition coefficient (Wildman–Crippen LogP) is -1.77. The third kappa shape index (κ3) is 1.40. The standard InChI is InChI=1S/C5H9NO3/c7-3-1-4(8)5(9)6-2-3/h3-4,7-8H,1-2H2,(H,6,9). The van der Waals surface area contributed by atoms with E-state index in [1.165, 1.54) is 0 Å². The SMILES string of the molecule is O=C1NCC(O)CC1O. The average Bonchev–Trinajstić information content (AvgIpc) is 1.80. The first-order valence-electron chi connectivity index (χ1n) is 2.84. The van der Waals surface area contributed by atoms with Gasteiger partial charge < -0.3 is 15.5 Å². The number of carbonyl (C=O) groups is 1. The summed E-state index contributed by atoms with van der Waals surface area (Å²) in [7, 11) is 0. The van der Waals surface area contributed by atoms with Crippen molar-refractivity contribution in [3.05, 3.63) is 0 Å². The molecular formula is C5H9NO3. The summed E-state index contributed by atoms with van der Waals surface area (Å²) in [5, 5.41) is 19.9. The Bertz CT molecular complexity index is 125. The van der Waals surface area contributed by atoms with Crippen LogP contribution in [0.3, 0.4) is 0 Å². The number of hydrogen-bond acceptors (Lipinski definition) is 3. The van der Waals surface area contributed by atoms with Crippen molar-refractivity contribution in [3.8, 4) is 0 Å². The van der Waals surface area contributed by atoms with E-state index in [4.69, 9.17) is 10.2 Å². The quantitative estimate of drug-likeness (QED) is 0.364. The first-order valence-corrected chi connectivity index (χ1v) is 2.84. The normalized spacial score (nSPS) is 36.0. The maximum absolute atomic E-state index is 10.5. The molecule has 0 aliphatic carbocycles. The Morgan fingerprint density at radius 2 is 2.22 bits per heavy atom. The molecule has 0 aromatic rings. The van der Waals surface area contributed by atoms with Crippen LogP contribution >= 0.6 is 0 Å². The molecule has 1 amide bonds. The maximum atomic E-state index is 10.5. The number of amides is 1. The van der Waals surface area contributed by atoms with E-state index >= 15 is 0 Å². The highest BCUT2D eigenvalue weighted by atomic mass is 16.3. The van der Waals surface area contributed by atoms with Crippen LogP contribution in [0, 0.1) is 0 Å². The first-order chi connectivity index (χ1) is 4.20. The number of carbonyl (C=O) groups excluding carboxylic acids is 1. The van der Waals surface area contributed by atoms with Crippen LogP contribution < -0.4 is 5.32 Å². The smallest absolute Gasteiger partial charge is 0.249 e. The minimum Gasteiger partial charge on any atom is -0.391 e. The summed E-state index contributed by atoms with van der Waals surface area (Å²) in [6, 6.07) is 0. The lowest BCUT2D eigenvalue weighted by molar-refractivity contribution is -0.134. The highest BCUT2D eigenvalue weighted by Gasteiger charge is 2.24. The Hall–Kier alpha value is -0.610. The Morgan fingerprint density at radius 1 is 1.56 bits per heavy atom. The molecule has 9 heavy (non-hydrogen) atoms. The van der Waals surface area contributed by atoms with Gasteiger partial charge in [0.05, 0.1) is 6.10 Å². The van der Waals surface area contributed by atoms with Crippen LogP contribution in [0.25, 0.3) is 0 Å². The van der Waals surface area contributed by atoms with Gasteiger partial charge in [-0.1, -0.05) is 0 Å². The molecule has 1 saturated heterocycles. The zero-order valence-electron chi connectivity index (χ0n) is 4.87. The molecule has 2 unspecified atom stereocenters. The van der Waals surface area contributed by atoms with Gasteiger partial charge >= 0.3 is 0 Å². The van der Waals surface area contributed by atoms with Crippen molar-refractivity contribution < 1.29 is 15.0 Å². The number of piperidine rings is 1. The van der Waals surface area contributed by atoms with Gasteiger partial charge in [-0.2, -0.15) is 0 Å². The third-order valence-corrected chi connectivity index (χ3v) is 1.31. The van der Waals surface area contributed by atoms with Crippen molar-refractivity contribution in [1.82, 2.24) is 5.32 Å². The topological polar surface area (TPSA) is 69.6 Å². The molecule has 0 radical (unpaired) electrons. The van der Waals surface area contributed by atoms with Crippen molar-refractivity contribution in [3.63, 3.8) is 0 Å². The molecule has 1 rings (SSSR count). The summed E-state index contributed by atoms with van der Waals surface area (Å²) in [6.07, 6.45) is -1.45. The average molecular weight is 131 g/mol. The highest BCUT2D eigenvalue weighted by Crippen LogP contribution is 2.02. The summed E-state index contributed by atoms with van der Waals surface area (Å²) < 4.78 is 0. The molecular weight excluding hydrogens is 122 g/mol. The molecule has 4 heteroatoms. The van der Waals surface area contributed by atoms with Crippen LogP contribution in [0.5, 0.6) is 0 Å². The fourth-order valence-corrected chi connectivity index (χ4v) is 0.784. The van der Waals surface area contributed by atoms with Crippen molar-refractivity contribution in [2.24, 2.45) is 0 Å². The van der Waals surface area contributed by atoms with E-state index in [9.17, 15) is 4.79 Å². The van der Waals surface area contributed by atoms with Crippen molar-refractivity contribution in [2.45, 2.75) is 18.6 Å². The number of nitrogens with one attached hydrogen (secondary N) is 1. The van der Waals surface area contributed by atoms with Gasteiger partial charge in [0.15, 0.2) is 0 Å². The maximum Gasteiger partial charge on any atom is 0.249 e. The molecule has 0 saturated carbocycles. The second-order valence-electron chi connectivity index (χ2n) is 2.15. The Labute approximate surface area is 52.5 Å². The molecule has 2 atom stereocenters.